The highest BCUT2D eigenvalue weighted by Crippen LogP contribution is 2.32. The fraction of sp³-hybridized carbons (Fsp3) is 0.400. The molecule has 0 unspecified atom stereocenters. The number of halogens is 1. The lowest BCUT2D eigenvalue weighted by Gasteiger charge is -2.42. The minimum Gasteiger partial charge on any atom is -0.387 e. The molecule has 0 spiro atoms. The quantitative estimate of drug-likeness (QED) is 0.838. The predicted octanol–water partition coefficient (Wildman–Crippen LogP) is 2.52. The van der Waals surface area contributed by atoms with Gasteiger partial charge in [0.25, 0.3) is 0 Å². The van der Waals surface area contributed by atoms with E-state index in [1.54, 1.807) is 11.9 Å². The van der Waals surface area contributed by atoms with Crippen molar-refractivity contribution in [2.24, 2.45) is 0 Å². The molecule has 1 N–H and O–H groups in total. The first-order chi connectivity index (χ1) is 6.55. The van der Waals surface area contributed by atoms with E-state index in [1.165, 1.54) is 4.90 Å². The Bertz CT molecular complexity index is 317. The Morgan fingerprint density at radius 1 is 1.36 bits per heavy atom. The van der Waals surface area contributed by atoms with Crippen LogP contribution in [0.3, 0.4) is 0 Å². The third-order valence-electron chi connectivity index (χ3n) is 2.08. The van der Waals surface area contributed by atoms with Crippen molar-refractivity contribution < 1.29 is 5.11 Å². The smallest absolute Gasteiger partial charge is 0.0891 e. The molecule has 2 nitrogen and oxygen atoms in total. The maximum atomic E-state index is 9.54. The van der Waals surface area contributed by atoms with Gasteiger partial charge in [-0.05, 0) is 43.1 Å². The van der Waals surface area contributed by atoms with Crippen LogP contribution in [0.1, 0.15) is 6.92 Å². The van der Waals surface area contributed by atoms with Crippen LogP contribution in [0.25, 0.3) is 0 Å². The average molecular weight is 274 g/mol. The van der Waals surface area contributed by atoms with Crippen molar-refractivity contribution in [2.75, 3.05) is 13.1 Å². The van der Waals surface area contributed by atoms with E-state index in [-0.39, 0.29) is 0 Å². The van der Waals surface area contributed by atoms with Crippen LogP contribution < -0.4 is 0 Å². The molecular weight excluding hydrogens is 262 g/mol. The summed E-state index contributed by atoms with van der Waals surface area (Å²) in [6.07, 6.45) is 0. The second-order valence-corrected chi connectivity index (χ2v) is 5.93. The summed E-state index contributed by atoms with van der Waals surface area (Å²) in [5, 5.41) is 9.54. The summed E-state index contributed by atoms with van der Waals surface area (Å²) in [7, 11) is 0. The van der Waals surface area contributed by atoms with Crippen molar-refractivity contribution in [1.82, 2.24) is 4.31 Å². The van der Waals surface area contributed by atoms with Gasteiger partial charge in [0.2, 0.25) is 0 Å². The fourth-order valence-corrected chi connectivity index (χ4v) is 2.93. The molecule has 2 rings (SSSR count). The molecular formula is C10H12BrNOS. The van der Waals surface area contributed by atoms with Crippen LogP contribution in [0.4, 0.5) is 0 Å². The summed E-state index contributed by atoms with van der Waals surface area (Å²) < 4.78 is 3.25. The Balaban J connectivity index is 1.90. The first-order valence-electron chi connectivity index (χ1n) is 4.46. The molecule has 0 aliphatic carbocycles. The first-order valence-corrected chi connectivity index (χ1v) is 6.03. The predicted molar refractivity (Wildman–Crippen MR) is 62.2 cm³/mol. The molecule has 1 fully saturated rings. The van der Waals surface area contributed by atoms with Crippen LogP contribution in [-0.4, -0.2) is 28.1 Å². The van der Waals surface area contributed by atoms with Crippen molar-refractivity contribution in [3.63, 3.8) is 0 Å². The van der Waals surface area contributed by atoms with E-state index in [2.05, 4.69) is 32.4 Å². The Kier molecular flexibility index (Phi) is 2.88. The lowest BCUT2D eigenvalue weighted by Crippen LogP contribution is -2.56. The van der Waals surface area contributed by atoms with Gasteiger partial charge in [0.05, 0.1) is 5.60 Å². The molecule has 0 radical (unpaired) electrons. The summed E-state index contributed by atoms with van der Waals surface area (Å²) >= 11 is 5.09. The maximum Gasteiger partial charge on any atom is 0.0891 e. The summed E-state index contributed by atoms with van der Waals surface area (Å²) in [5.41, 5.74) is -0.484. The topological polar surface area (TPSA) is 23.5 Å². The molecule has 1 saturated heterocycles. The summed E-state index contributed by atoms with van der Waals surface area (Å²) in [6.45, 7) is 3.35. The number of rotatable bonds is 2. The Labute approximate surface area is 96.6 Å². The molecule has 1 aliphatic heterocycles. The average Bonchev–Trinajstić information content (AvgIpc) is 2.06. The summed E-state index contributed by atoms with van der Waals surface area (Å²) in [6, 6.07) is 8.20. The normalized spacial score (nSPS) is 20.5. The largest absolute Gasteiger partial charge is 0.387 e. The van der Waals surface area contributed by atoms with Crippen molar-refractivity contribution in [3.05, 3.63) is 28.7 Å². The molecule has 4 heteroatoms. The van der Waals surface area contributed by atoms with Crippen LogP contribution in [0, 0.1) is 0 Å². The van der Waals surface area contributed by atoms with Gasteiger partial charge in [0, 0.05) is 22.5 Å². The molecule has 14 heavy (non-hydrogen) atoms. The highest BCUT2D eigenvalue weighted by Gasteiger charge is 2.36. The number of nitrogens with zero attached hydrogens (tertiary/aromatic N) is 1. The van der Waals surface area contributed by atoms with Gasteiger partial charge in [-0.15, -0.1) is 0 Å². The Morgan fingerprint density at radius 2 is 1.93 bits per heavy atom. The molecule has 1 aromatic rings. The third-order valence-corrected chi connectivity index (χ3v) is 3.61. The molecule has 0 saturated carbocycles. The van der Waals surface area contributed by atoms with Crippen molar-refractivity contribution >= 4 is 27.9 Å². The molecule has 0 atom stereocenters. The second kappa shape index (κ2) is 3.85. The van der Waals surface area contributed by atoms with Gasteiger partial charge in [-0.25, -0.2) is 4.31 Å². The van der Waals surface area contributed by atoms with Crippen LogP contribution in [-0.2, 0) is 0 Å². The van der Waals surface area contributed by atoms with E-state index in [0.29, 0.717) is 0 Å². The highest BCUT2D eigenvalue weighted by atomic mass is 79.9. The zero-order valence-electron chi connectivity index (χ0n) is 7.90. The molecule has 0 aromatic heterocycles. The van der Waals surface area contributed by atoms with Crippen LogP contribution >= 0.6 is 27.9 Å². The van der Waals surface area contributed by atoms with Gasteiger partial charge < -0.3 is 5.11 Å². The summed E-state index contributed by atoms with van der Waals surface area (Å²) in [5.74, 6) is 0. The van der Waals surface area contributed by atoms with Crippen LogP contribution in [0.15, 0.2) is 33.6 Å². The lowest BCUT2D eigenvalue weighted by atomic mass is 10.0. The van der Waals surface area contributed by atoms with E-state index in [4.69, 9.17) is 0 Å². The van der Waals surface area contributed by atoms with E-state index >= 15 is 0 Å². The van der Waals surface area contributed by atoms with Gasteiger partial charge in [-0.2, -0.15) is 0 Å². The molecule has 0 bridgehead atoms. The number of aliphatic hydroxyl groups is 1. The second-order valence-electron chi connectivity index (χ2n) is 3.84. The zero-order chi connectivity index (χ0) is 10.2. The standard InChI is InChI=1S/C10H12BrNOS/c1-10(13)6-12(7-10)14-9-4-2-8(11)3-5-9/h2-5,13H,6-7H2,1H3. The van der Waals surface area contributed by atoms with Gasteiger partial charge in [-0.3, -0.25) is 0 Å². The summed E-state index contributed by atoms with van der Waals surface area (Å²) in [4.78, 5) is 1.21. The molecule has 0 amide bonds. The van der Waals surface area contributed by atoms with Crippen molar-refractivity contribution in [2.45, 2.75) is 17.4 Å². The minimum absolute atomic E-state index is 0.484. The minimum atomic E-state index is -0.484. The van der Waals surface area contributed by atoms with Gasteiger partial charge in [-0.1, -0.05) is 15.9 Å². The lowest BCUT2D eigenvalue weighted by molar-refractivity contribution is -0.0378. The third kappa shape index (κ3) is 2.51. The van der Waals surface area contributed by atoms with Crippen LogP contribution in [0.5, 0.6) is 0 Å². The highest BCUT2D eigenvalue weighted by molar-refractivity contribution is 9.10. The molecule has 1 heterocycles. The van der Waals surface area contributed by atoms with Gasteiger partial charge in [0.15, 0.2) is 0 Å². The van der Waals surface area contributed by atoms with Crippen LogP contribution in [0.2, 0.25) is 0 Å². The van der Waals surface area contributed by atoms with Gasteiger partial charge >= 0.3 is 0 Å². The molecule has 1 aromatic carbocycles. The number of benzene rings is 1. The van der Waals surface area contributed by atoms with Gasteiger partial charge in [0.1, 0.15) is 0 Å². The first kappa shape index (κ1) is 10.5. The van der Waals surface area contributed by atoms with E-state index in [1.807, 2.05) is 19.1 Å². The zero-order valence-corrected chi connectivity index (χ0v) is 10.3. The fourth-order valence-electron chi connectivity index (χ4n) is 1.42. The number of hydrogen-bond donors (Lipinski definition) is 1. The Hall–Kier alpha value is -0.0300. The van der Waals surface area contributed by atoms with Crippen molar-refractivity contribution in [1.29, 1.82) is 0 Å². The van der Waals surface area contributed by atoms with E-state index < -0.39 is 5.60 Å². The maximum absolute atomic E-state index is 9.54. The SMILES string of the molecule is CC1(O)CN(Sc2ccc(Br)cc2)C1. The molecule has 1 aliphatic rings. The van der Waals surface area contributed by atoms with E-state index in [9.17, 15) is 5.11 Å². The Morgan fingerprint density at radius 3 is 2.43 bits per heavy atom. The van der Waals surface area contributed by atoms with Crippen molar-refractivity contribution in [3.8, 4) is 0 Å². The number of β-amino-alcohol motifs (C(OH)–C–C–N with tert-alkyl or cyclic N) is 1. The monoisotopic (exact) mass is 273 g/mol. The molecule has 76 valence electrons. The van der Waals surface area contributed by atoms with E-state index in [0.717, 1.165) is 17.6 Å². The number of hydrogen-bond acceptors (Lipinski definition) is 3.